The molecule has 1 saturated heterocycles. The van der Waals surface area contributed by atoms with E-state index in [0.717, 1.165) is 10.4 Å². The van der Waals surface area contributed by atoms with E-state index in [2.05, 4.69) is 0 Å². The SMILES string of the molecule is Cc1ccc(S(=O)(=O)N2CCC[C@H](C(=O)N3CCc4ccc([N+](=O)[O-])cc43)C2)s1. The van der Waals surface area contributed by atoms with Crippen molar-refractivity contribution in [2.75, 3.05) is 24.5 Å². The molecule has 0 N–H and O–H groups in total. The smallest absolute Gasteiger partial charge is 0.271 e. The lowest BCUT2D eigenvalue weighted by molar-refractivity contribution is -0.384. The number of rotatable bonds is 4. The highest BCUT2D eigenvalue weighted by molar-refractivity contribution is 7.91. The van der Waals surface area contributed by atoms with E-state index in [4.69, 9.17) is 0 Å². The Kier molecular flexibility index (Phi) is 5.18. The second kappa shape index (κ2) is 7.51. The minimum Gasteiger partial charge on any atom is -0.311 e. The van der Waals surface area contributed by atoms with Gasteiger partial charge in [-0.3, -0.25) is 14.9 Å². The quantitative estimate of drug-likeness (QED) is 0.543. The normalized spacial score (nSPS) is 19.9. The third-order valence-electron chi connectivity index (χ3n) is 5.48. The van der Waals surface area contributed by atoms with Crippen LogP contribution in [0.3, 0.4) is 0 Å². The molecular formula is C19H21N3O5S2. The number of fused-ring (bicyclic) bond motifs is 1. The van der Waals surface area contributed by atoms with Gasteiger partial charge >= 0.3 is 0 Å². The summed E-state index contributed by atoms with van der Waals surface area (Å²) < 4.78 is 27.6. The van der Waals surface area contributed by atoms with Gasteiger partial charge in [0.25, 0.3) is 15.7 Å². The van der Waals surface area contributed by atoms with Gasteiger partial charge in [0.05, 0.1) is 16.5 Å². The van der Waals surface area contributed by atoms with Gasteiger partial charge in [-0.25, -0.2) is 8.42 Å². The predicted octanol–water partition coefficient (Wildman–Crippen LogP) is 2.95. The number of hydrogen-bond acceptors (Lipinski definition) is 6. The van der Waals surface area contributed by atoms with Gasteiger partial charge in [0, 0.05) is 36.6 Å². The van der Waals surface area contributed by atoms with Gasteiger partial charge in [0.15, 0.2) is 0 Å². The molecule has 0 unspecified atom stereocenters. The highest BCUT2D eigenvalue weighted by Gasteiger charge is 2.37. The average molecular weight is 436 g/mol. The lowest BCUT2D eigenvalue weighted by atomic mass is 9.98. The molecule has 1 aromatic heterocycles. The van der Waals surface area contributed by atoms with Crippen molar-refractivity contribution in [2.45, 2.75) is 30.4 Å². The maximum atomic E-state index is 13.2. The zero-order valence-electron chi connectivity index (χ0n) is 15.9. The fourth-order valence-electron chi connectivity index (χ4n) is 3.97. The number of sulfonamides is 1. The number of benzene rings is 1. The summed E-state index contributed by atoms with van der Waals surface area (Å²) in [6, 6.07) is 7.96. The van der Waals surface area contributed by atoms with Crippen molar-refractivity contribution in [1.82, 2.24) is 4.31 Å². The van der Waals surface area contributed by atoms with Crippen molar-refractivity contribution in [2.24, 2.45) is 5.92 Å². The maximum Gasteiger partial charge on any atom is 0.271 e. The molecule has 1 aromatic carbocycles. The molecule has 1 atom stereocenters. The summed E-state index contributed by atoms with van der Waals surface area (Å²) in [6.07, 6.45) is 1.85. The average Bonchev–Trinajstić information content (AvgIpc) is 3.33. The van der Waals surface area contributed by atoms with Crippen molar-refractivity contribution >= 4 is 38.6 Å². The van der Waals surface area contributed by atoms with Crippen LogP contribution in [0.5, 0.6) is 0 Å². The van der Waals surface area contributed by atoms with Gasteiger partial charge in [-0.05, 0) is 43.9 Å². The largest absolute Gasteiger partial charge is 0.311 e. The Morgan fingerprint density at radius 1 is 1.24 bits per heavy atom. The number of amides is 1. The molecule has 8 nitrogen and oxygen atoms in total. The van der Waals surface area contributed by atoms with Crippen LogP contribution in [0.1, 0.15) is 23.3 Å². The van der Waals surface area contributed by atoms with E-state index in [-0.39, 0.29) is 18.1 Å². The van der Waals surface area contributed by atoms with Gasteiger partial charge in [-0.1, -0.05) is 6.07 Å². The number of carbonyl (C=O) groups excluding carboxylic acids is 1. The lowest BCUT2D eigenvalue weighted by Crippen LogP contribution is -2.46. The predicted molar refractivity (Wildman–Crippen MR) is 110 cm³/mol. The summed E-state index contributed by atoms with van der Waals surface area (Å²) >= 11 is 1.23. The third kappa shape index (κ3) is 3.67. The van der Waals surface area contributed by atoms with Crippen LogP contribution in [0.4, 0.5) is 11.4 Å². The fraction of sp³-hybridized carbons (Fsp3) is 0.421. The number of piperidine rings is 1. The lowest BCUT2D eigenvalue weighted by Gasteiger charge is -2.33. The summed E-state index contributed by atoms with van der Waals surface area (Å²) in [5.74, 6) is -0.615. The Morgan fingerprint density at radius 2 is 2.03 bits per heavy atom. The van der Waals surface area contributed by atoms with Gasteiger partial charge in [-0.2, -0.15) is 4.31 Å². The topological polar surface area (TPSA) is 101 Å². The van der Waals surface area contributed by atoms with Crippen molar-refractivity contribution in [3.63, 3.8) is 0 Å². The van der Waals surface area contributed by atoms with E-state index in [1.807, 2.05) is 6.92 Å². The standard InChI is InChI=1S/C19H21N3O5S2/c1-13-4-7-18(28-13)29(26,27)20-9-2-3-15(12-20)19(23)21-10-8-14-5-6-16(22(24)25)11-17(14)21/h4-7,11,15H,2-3,8-10,12H2,1H3/t15-/m0/s1. The highest BCUT2D eigenvalue weighted by atomic mass is 32.2. The van der Waals surface area contributed by atoms with Crippen LogP contribution in [0.15, 0.2) is 34.5 Å². The van der Waals surface area contributed by atoms with Gasteiger partial charge in [0.2, 0.25) is 5.91 Å². The van der Waals surface area contributed by atoms with Crippen LogP contribution >= 0.6 is 11.3 Å². The first kappa shape index (κ1) is 20.0. The first-order chi connectivity index (χ1) is 13.8. The molecule has 0 aliphatic carbocycles. The van der Waals surface area contributed by atoms with E-state index in [1.54, 1.807) is 23.1 Å². The number of hydrogen-bond donors (Lipinski definition) is 0. The first-order valence-electron chi connectivity index (χ1n) is 9.42. The molecule has 154 valence electrons. The summed E-state index contributed by atoms with van der Waals surface area (Å²) in [4.78, 5) is 26.3. The molecule has 3 heterocycles. The molecule has 1 amide bonds. The number of anilines is 1. The zero-order chi connectivity index (χ0) is 20.8. The second-order valence-corrected chi connectivity index (χ2v) is 10.8. The number of carbonyl (C=O) groups is 1. The molecule has 29 heavy (non-hydrogen) atoms. The Balaban J connectivity index is 1.55. The van der Waals surface area contributed by atoms with E-state index in [0.29, 0.717) is 42.2 Å². The molecule has 10 heteroatoms. The van der Waals surface area contributed by atoms with E-state index in [9.17, 15) is 23.3 Å². The Bertz CT molecular complexity index is 1080. The van der Waals surface area contributed by atoms with Crippen LogP contribution in [-0.4, -0.2) is 43.2 Å². The van der Waals surface area contributed by atoms with Crippen LogP contribution in [0, 0.1) is 23.0 Å². The van der Waals surface area contributed by atoms with Crippen LogP contribution in [0.25, 0.3) is 0 Å². The van der Waals surface area contributed by atoms with Crippen molar-refractivity contribution < 1.29 is 18.1 Å². The third-order valence-corrected chi connectivity index (χ3v) is 8.82. The summed E-state index contributed by atoms with van der Waals surface area (Å²) in [7, 11) is -3.62. The van der Waals surface area contributed by atoms with E-state index >= 15 is 0 Å². The van der Waals surface area contributed by atoms with Crippen LogP contribution < -0.4 is 4.90 Å². The first-order valence-corrected chi connectivity index (χ1v) is 11.7. The maximum absolute atomic E-state index is 13.2. The Morgan fingerprint density at radius 3 is 2.72 bits per heavy atom. The van der Waals surface area contributed by atoms with Gasteiger partial charge < -0.3 is 4.90 Å². The van der Waals surface area contributed by atoms with Gasteiger partial charge in [-0.15, -0.1) is 11.3 Å². The molecular weight excluding hydrogens is 414 g/mol. The Labute approximate surface area is 172 Å². The Hall–Kier alpha value is -2.30. The molecule has 1 fully saturated rings. The molecule has 0 bridgehead atoms. The second-order valence-electron chi connectivity index (χ2n) is 7.38. The van der Waals surface area contributed by atoms with Crippen LogP contribution in [-0.2, 0) is 21.2 Å². The molecule has 0 radical (unpaired) electrons. The number of aryl methyl sites for hydroxylation is 1. The highest BCUT2D eigenvalue weighted by Crippen LogP contribution is 2.35. The minimum atomic E-state index is -3.62. The molecule has 4 rings (SSSR count). The summed E-state index contributed by atoms with van der Waals surface area (Å²) in [6.45, 7) is 2.85. The fourth-order valence-corrected chi connectivity index (χ4v) is 6.93. The number of nitro benzene ring substituents is 1. The van der Waals surface area contributed by atoms with Crippen molar-refractivity contribution in [1.29, 1.82) is 0 Å². The van der Waals surface area contributed by atoms with Gasteiger partial charge in [0.1, 0.15) is 4.21 Å². The summed E-state index contributed by atoms with van der Waals surface area (Å²) in [5, 5.41) is 11.1. The van der Waals surface area contributed by atoms with Crippen LogP contribution in [0.2, 0.25) is 0 Å². The van der Waals surface area contributed by atoms with Crippen molar-refractivity contribution in [3.05, 3.63) is 50.9 Å². The monoisotopic (exact) mass is 435 g/mol. The van der Waals surface area contributed by atoms with E-state index in [1.165, 1.54) is 27.8 Å². The molecule has 2 aromatic rings. The molecule has 0 saturated carbocycles. The summed E-state index contributed by atoms with van der Waals surface area (Å²) in [5.41, 5.74) is 1.42. The molecule has 2 aliphatic rings. The number of non-ortho nitro benzene ring substituents is 1. The number of nitro groups is 1. The molecule has 2 aliphatic heterocycles. The number of nitrogens with zero attached hydrogens (tertiary/aromatic N) is 3. The minimum absolute atomic E-state index is 0.0515. The zero-order valence-corrected chi connectivity index (χ0v) is 17.5. The molecule has 0 spiro atoms. The van der Waals surface area contributed by atoms with E-state index < -0.39 is 20.9 Å². The van der Waals surface area contributed by atoms with Crippen molar-refractivity contribution in [3.8, 4) is 0 Å². The number of thiophene rings is 1.